The van der Waals surface area contributed by atoms with Gasteiger partial charge < -0.3 is 29.0 Å². The van der Waals surface area contributed by atoms with E-state index in [0.29, 0.717) is 22.4 Å². The van der Waals surface area contributed by atoms with Gasteiger partial charge in [-0.15, -0.1) is 0 Å². The molecule has 4 rings (SSSR count). The predicted molar refractivity (Wildman–Crippen MR) is 146 cm³/mol. The highest BCUT2D eigenvalue weighted by Gasteiger charge is 2.53. The molecule has 0 saturated heterocycles. The number of nitrogens with zero attached hydrogens (tertiary/aromatic N) is 3. The van der Waals surface area contributed by atoms with Crippen LogP contribution in [-0.2, 0) is 10.3 Å². The fraction of sp³-hybridized carbons (Fsp3) is 0.200. The van der Waals surface area contributed by atoms with Crippen LogP contribution in [0.2, 0.25) is 0 Å². The molecule has 1 heterocycles. The van der Waals surface area contributed by atoms with Gasteiger partial charge in [-0.25, -0.2) is 4.79 Å². The van der Waals surface area contributed by atoms with Crippen molar-refractivity contribution < 1.29 is 33.6 Å². The van der Waals surface area contributed by atoms with Crippen molar-refractivity contribution in [2.45, 2.75) is 11.6 Å². The first-order valence-electron chi connectivity index (χ1n) is 12.2. The number of aliphatic carboxylic acids is 1. The number of aromatic nitrogens is 2. The number of carbonyl (C=O) groups is 2. The second kappa shape index (κ2) is 12.2. The van der Waals surface area contributed by atoms with E-state index in [1.807, 2.05) is 0 Å². The van der Waals surface area contributed by atoms with E-state index in [1.165, 1.54) is 32.3 Å². The molecule has 4 aromatic rings. The molecule has 0 aliphatic carbocycles. The molecule has 3 aromatic carbocycles. The van der Waals surface area contributed by atoms with Crippen LogP contribution >= 0.6 is 0 Å². The molecular weight excluding hydrogens is 514 g/mol. The van der Waals surface area contributed by atoms with Crippen molar-refractivity contribution in [2.75, 3.05) is 28.4 Å². The van der Waals surface area contributed by atoms with Crippen molar-refractivity contribution in [1.29, 1.82) is 0 Å². The van der Waals surface area contributed by atoms with E-state index in [9.17, 15) is 14.7 Å². The largest absolute Gasteiger partial charge is 0.497 e. The quantitative estimate of drug-likeness (QED) is 0.299. The van der Waals surface area contributed by atoms with Crippen LogP contribution in [0.25, 0.3) is 0 Å². The molecule has 10 heteroatoms. The van der Waals surface area contributed by atoms with Crippen molar-refractivity contribution in [3.63, 3.8) is 0 Å². The highest BCUT2D eigenvalue weighted by molar-refractivity contribution is 5.96. The van der Waals surface area contributed by atoms with E-state index in [2.05, 4.69) is 9.97 Å². The Hall–Kier alpha value is -5.12. The summed E-state index contributed by atoms with van der Waals surface area (Å²) in [5, 5.41) is 10.7. The summed E-state index contributed by atoms with van der Waals surface area (Å²) in [5.41, 5.74) is -0.381. The van der Waals surface area contributed by atoms with E-state index in [-0.39, 0.29) is 17.8 Å². The number of carbonyl (C=O) groups excluding carboxylic acids is 1. The monoisotopic (exact) mass is 543 g/mol. The molecule has 1 unspecified atom stereocenters. The van der Waals surface area contributed by atoms with Gasteiger partial charge >= 0.3 is 12.0 Å². The summed E-state index contributed by atoms with van der Waals surface area (Å²) in [4.78, 5) is 37.0. The Morgan fingerprint density at radius 3 is 1.70 bits per heavy atom. The molecule has 0 saturated carbocycles. The molecule has 1 atom stereocenters. The summed E-state index contributed by atoms with van der Waals surface area (Å²) in [6, 6.07) is 25.4. The van der Waals surface area contributed by atoms with Gasteiger partial charge in [0.25, 0.3) is 5.91 Å². The number of benzene rings is 3. The molecule has 0 fully saturated rings. The first kappa shape index (κ1) is 27.9. The third-order valence-electron chi connectivity index (χ3n) is 6.50. The summed E-state index contributed by atoms with van der Waals surface area (Å²) < 4.78 is 21.8. The van der Waals surface area contributed by atoms with Gasteiger partial charge in [-0.05, 0) is 35.4 Å². The maximum Gasteiger partial charge on any atom is 0.348 e. The van der Waals surface area contributed by atoms with Gasteiger partial charge in [-0.2, -0.15) is 9.97 Å². The maximum atomic E-state index is 14.1. The lowest BCUT2D eigenvalue weighted by Crippen LogP contribution is -2.60. The molecule has 1 amide bonds. The minimum atomic E-state index is -1.72. The lowest BCUT2D eigenvalue weighted by atomic mass is 9.76. The molecule has 1 N–H and O–H groups in total. The molecule has 10 nitrogen and oxygen atoms in total. The third kappa shape index (κ3) is 5.37. The SMILES string of the molecule is COc1ccc(C(=O)N(C)C(c2ccccc2)(c2ccccc2)C(Oc2nc(OC)cc(OC)n2)C(=O)O)cc1. The molecule has 40 heavy (non-hydrogen) atoms. The van der Waals surface area contributed by atoms with E-state index in [4.69, 9.17) is 18.9 Å². The lowest BCUT2D eigenvalue weighted by molar-refractivity contribution is -0.151. The predicted octanol–water partition coefficient (Wildman–Crippen LogP) is 4.05. The maximum absolute atomic E-state index is 14.1. The van der Waals surface area contributed by atoms with Gasteiger partial charge in [-0.1, -0.05) is 60.7 Å². The van der Waals surface area contributed by atoms with Crippen molar-refractivity contribution in [1.82, 2.24) is 14.9 Å². The number of carboxylic acids is 1. The first-order valence-corrected chi connectivity index (χ1v) is 12.2. The minimum Gasteiger partial charge on any atom is -0.497 e. The number of hydrogen-bond donors (Lipinski definition) is 1. The molecule has 0 bridgehead atoms. The lowest BCUT2D eigenvalue weighted by Gasteiger charge is -2.45. The van der Waals surface area contributed by atoms with E-state index < -0.39 is 23.5 Å². The molecule has 0 radical (unpaired) electrons. The van der Waals surface area contributed by atoms with Crippen LogP contribution in [0.1, 0.15) is 21.5 Å². The van der Waals surface area contributed by atoms with Crippen LogP contribution in [-0.4, -0.2) is 66.3 Å². The van der Waals surface area contributed by atoms with Crippen LogP contribution in [0.15, 0.2) is 91.0 Å². The van der Waals surface area contributed by atoms with Gasteiger partial charge in [0.1, 0.15) is 11.3 Å². The van der Waals surface area contributed by atoms with Crippen LogP contribution in [0.5, 0.6) is 23.5 Å². The average molecular weight is 544 g/mol. The highest BCUT2D eigenvalue weighted by Crippen LogP contribution is 2.41. The molecule has 0 aliphatic rings. The van der Waals surface area contributed by atoms with Crippen LogP contribution in [0, 0.1) is 0 Å². The Morgan fingerprint density at radius 1 is 0.775 bits per heavy atom. The van der Waals surface area contributed by atoms with E-state index >= 15 is 0 Å². The zero-order chi connectivity index (χ0) is 28.7. The van der Waals surface area contributed by atoms with E-state index in [1.54, 1.807) is 92.0 Å². The molecule has 206 valence electrons. The number of hydrogen-bond acceptors (Lipinski definition) is 8. The van der Waals surface area contributed by atoms with Crippen LogP contribution < -0.4 is 18.9 Å². The van der Waals surface area contributed by atoms with Gasteiger partial charge in [0.2, 0.25) is 17.9 Å². The molecular formula is C30H29N3O7. The number of ether oxygens (including phenoxy) is 4. The standard InChI is InChI=1S/C30H29N3O7/c1-33(27(34)20-15-17-23(37-2)18-16-20)30(21-11-7-5-8-12-21,22-13-9-6-10-14-22)26(28(35)36)40-29-31-24(38-3)19-25(32-29)39-4/h5-19,26H,1-4H3,(H,35,36). The number of rotatable bonds is 11. The highest BCUT2D eigenvalue weighted by atomic mass is 16.5. The second-order valence-electron chi connectivity index (χ2n) is 8.66. The summed E-state index contributed by atoms with van der Waals surface area (Å²) in [6.45, 7) is 0. The first-order chi connectivity index (χ1) is 19.3. The Bertz CT molecular complexity index is 1390. The summed E-state index contributed by atoms with van der Waals surface area (Å²) in [6.07, 6.45) is -1.72. The fourth-order valence-corrected chi connectivity index (χ4v) is 4.57. The van der Waals surface area contributed by atoms with Crippen molar-refractivity contribution in [3.05, 3.63) is 108 Å². The number of carboxylic acid groups (broad SMARTS) is 1. The molecule has 1 aromatic heterocycles. The molecule has 0 spiro atoms. The molecule has 0 aliphatic heterocycles. The summed E-state index contributed by atoms with van der Waals surface area (Å²) in [7, 11) is 5.88. The zero-order valence-electron chi connectivity index (χ0n) is 22.5. The number of amides is 1. The Morgan fingerprint density at radius 2 is 1.27 bits per heavy atom. The average Bonchev–Trinajstić information content (AvgIpc) is 3.01. The van der Waals surface area contributed by atoms with Crippen LogP contribution in [0.4, 0.5) is 0 Å². The van der Waals surface area contributed by atoms with Crippen molar-refractivity contribution in [2.24, 2.45) is 0 Å². The zero-order valence-corrected chi connectivity index (χ0v) is 22.5. The van der Waals surface area contributed by atoms with Crippen molar-refractivity contribution in [3.8, 4) is 23.5 Å². The minimum absolute atomic E-state index is 0.110. The Balaban J connectivity index is 1.98. The second-order valence-corrected chi connectivity index (χ2v) is 8.66. The normalized spacial score (nSPS) is 11.7. The van der Waals surface area contributed by atoms with E-state index in [0.717, 1.165) is 0 Å². The van der Waals surface area contributed by atoms with Gasteiger partial charge in [0.05, 0.1) is 27.4 Å². The van der Waals surface area contributed by atoms with Crippen molar-refractivity contribution >= 4 is 11.9 Å². The third-order valence-corrected chi connectivity index (χ3v) is 6.50. The Labute approximate surface area is 231 Å². The number of likely N-dealkylation sites (N-methyl/N-ethyl adjacent to an activating group) is 1. The smallest absolute Gasteiger partial charge is 0.348 e. The summed E-state index contributed by atoms with van der Waals surface area (Å²) in [5.74, 6) is -1.01. The topological polar surface area (TPSA) is 120 Å². The van der Waals surface area contributed by atoms with Gasteiger partial charge in [0, 0.05) is 12.6 Å². The Kier molecular flexibility index (Phi) is 8.48. The van der Waals surface area contributed by atoms with Gasteiger partial charge in [-0.3, -0.25) is 4.79 Å². The number of methoxy groups -OCH3 is 3. The van der Waals surface area contributed by atoms with Crippen LogP contribution in [0.3, 0.4) is 0 Å². The summed E-state index contributed by atoms with van der Waals surface area (Å²) >= 11 is 0. The van der Waals surface area contributed by atoms with Gasteiger partial charge in [0.15, 0.2) is 0 Å². The fourth-order valence-electron chi connectivity index (χ4n) is 4.57.